The van der Waals surface area contributed by atoms with Gasteiger partial charge in [-0.2, -0.15) is 5.26 Å². The zero-order valence-corrected chi connectivity index (χ0v) is 12.2. The Labute approximate surface area is 127 Å². The summed E-state index contributed by atoms with van der Waals surface area (Å²) in [7, 11) is 1.78. The second-order valence-corrected chi connectivity index (χ2v) is 4.87. The lowest BCUT2D eigenvalue weighted by Crippen LogP contribution is -2.09. The van der Waals surface area contributed by atoms with Crippen LogP contribution in [0.5, 0.6) is 5.75 Å². The summed E-state index contributed by atoms with van der Waals surface area (Å²) >= 11 is 6.08. The zero-order valence-electron chi connectivity index (χ0n) is 11.5. The molecule has 108 valence electrons. The van der Waals surface area contributed by atoms with E-state index in [0.29, 0.717) is 22.7 Å². The van der Waals surface area contributed by atoms with Crippen molar-refractivity contribution in [1.82, 2.24) is 5.32 Å². The Morgan fingerprint density at radius 1 is 1.29 bits per heavy atom. The van der Waals surface area contributed by atoms with Crippen LogP contribution in [0.2, 0.25) is 5.02 Å². The van der Waals surface area contributed by atoms with Gasteiger partial charge in [-0.15, -0.1) is 0 Å². The number of ether oxygens (including phenoxy) is 1. The van der Waals surface area contributed by atoms with Gasteiger partial charge in [0.15, 0.2) is 11.6 Å². The first-order valence-corrected chi connectivity index (χ1v) is 6.77. The lowest BCUT2D eigenvalue weighted by Gasteiger charge is -2.13. The summed E-state index contributed by atoms with van der Waals surface area (Å²) in [4.78, 5) is 0. The summed E-state index contributed by atoms with van der Waals surface area (Å²) in [6, 6.07) is 11.7. The average molecular weight is 305 g/mol. The third-order valence-corrected chi connectivity index (χ3v) is 3.32. The molecule has 21 heavy (non-hydrogen) atoms. The molecule has 2 aromatic carbocycles. The molecule has 0 heterocycles. The number of benzene rings is 2. The molecule has 2 rings (SSSR count). The third-order valence-electron chi connectivity index (χ3n) is 2.97. The van der Waals surface area contributed by atoms with Crippen molar-refractivity contribution in [2.75, 3.05) is 7.05 Å². The van der Waals surface area contributed by atoms with Crippen LogP contribution in [0.4, 0.5) is 4.39 Å². The Bertz CT molecular complexity index is 682. The van der Waals surface area contributed by atoms with Crippen molar-refractivity contribution in [3.8, 4) is 11.8 Å². The molecule has 0 aliphatic rings. The normalized spacial score (nSPS) is 10.2. The first kappa shape index (κ1) is 15.3. The van der Waals surface area contributed by atoms with Crippen molar-refractivity contribution in [2.24, 2.45) is 0 Å². The fraction of sp³-hybridized carbons (Fsp3) is 0.188. The fourth-order valence-corrected chi connectivity index (χ4v) is 2.16. The van der Waals surface area contributed by atoms with E-state index >= 15 is 0 Å². The van der Waals surface area contributed by atoms with Crippen molar-refractivity contribution in [1.29, 1.82) is 5.26 Å². The molecule has 0 amide bonds. The highest BCUT2D eigenvalue weighted by molar-refractivity contribution is 6.31. The first-order valence-electron chi connectivity index (χ1n) is 6.39. The van der Waals surface area contributed by atoms with Crippen LogP contribution < -0.4 is 10.1 Å². The minimum atomic E-state index is -0.410. The quantitative estimate of drug-likeness (QED) is 0.917. The number of nitrogens with zero attached hydrogens (tertiary/aromatic N) is 1. The van der Waals surface area contributed by atoms with Gasteiger partial charge in [0.1, 0.15) is 6.61 Å². The highest BCUT2D eigenvalue weighted by Crippen LogP contribution is 2.25. The van der Waals surface area contributed by atoms with E-state index < -0.39 is 5.82 Å². The van der Waals surface area contributed by atoms with Crippen LogP contribution in [0.1, 0.15) is 16.7 Å². The molecule has 0 atom stereocenters. The van der Waals surface area contributed by atoms with Crippen LogP contribution >= 0.6 is 11.6 Å². The molecule has 0 saturated carbocycles. The Morgan fingerprint density at radius 2 is 2.10 bits per heavy atom. The third kappa shape index (κ3) is 3.72. The average Bonchev–Trinajstić information content (AvgIpc) is 2.48. The molecule has 5 heteroatoms. The summed E-state index contributed by atoms with van der Waals surface area (Å²) in [6.45, 7) is 0.649. The minimum Gasteiger partial charge on any atom is -0.485 e. The molecule has 0 saturated heterocycles. The Morgan fingerprint density at radius 3 is 2.76 bits per heavy atom. The highest BCUT2D eigenvalue weighted by atomic mass is 35.5. The van der Waals surface area contributed by atoms with Gasteiger partial charge in [0, 0.05) is 22.7 Å². The van der Waals surface area contributed by atoms with Gasteiger partial charge in [-0.05, 0) is 25.2 Å². The van der Waals surface area contributed by atoms with Crippen LogP contribution in [-0.2, 0) is 13.2 Å². The first-order chi connectivity index (χ1) is 10.2. The predicted octanol–water partition coefficient (Wildman–Crippen LogP) is 3.65. The summed E-state index contributed by atoms with van der Waals surface area (Å²) < 4.78 is 19.4. The van der Waals surface area contributed by atoms with Gasteiger partial charge in [0.05, 0.1) is 11.6 Å². The minimum absolute atomic E-state index is 0.141. The van der Waals surface area contributed by atoms with E-state index in [1.165, 1.54) is 6.07 Å². The van der Waals surface area contributed by atoms with Crippen molar-refractivity contribution in [2.45, 2.75) is 13.2 Å². The van der Waals surface area contributed by atoms with Crippen molar-refractivity contribution >= 4 is 11.6 Å². The number of halogens is 2. The summed E-state index contributed by atoms with van der Waals surface area (Å²) in [5.41, 5.74) is 1.92. The maximum Gasteiger partial charge on any atom is 0.165 e. The molecule has 0 radical (unpaired) electrons. The molecule has 0 bridgehead atoms. The van der Waals surface area contributed by atoms with Crippen LogP contribution in [0.15, 0.2) is 36.4 Å². The maximum absolute atomic E-state index is 13.9. The van der Waals surface area contributed by atoms with Crippen LogP contribution in [0.25, 0.3) is 0 Å². The van der Waals surface area contributed by atoms with Gasteiger partial charge in [0.25, 0.3) is 0 Å². The van der Waals surface area contributed by atoms with E-state index in [0.717, 1.165) is 5.56 Å². The van der Waals surface area contributed by atoms with E-state index in [9.17, 15) is 4.39 Å². The number of para-hydroxylation sites is 1. The molecule has 0 unspecified atom stereocenters. The molecule has 0 aromatic heterocycles. The molecule has 3 nitrogen and oxygen atoms in total. The van der Waals surface area contributed by atoms with Crippen molar-refractivity contribution in [3.63, 3.8) is 0 Å². The molecule has 0 aliphatic carbocycles. The molecule has 0 spiro atoms. The summed E-state index contributed by atoms with van der Waals surface area (Å²) in [5, 5.41) is 12.2. The van der Waals surface area contributed by atoms with Crippen LogP contribution in [0, 0.1) is 17.1 Å². The lowest BCUT2D eigenvalue weighted by molar-refractivity contribution is 0.286. The second kappa shape index (κ2) is 7.07. The fourth-order valence-electron chi connectivity index (χ4n) is 1.93. The second-order valence-electron chi connectivity index (χ2n) is 4.47. The Balaban J connectivity index is 2.19. The van der Waals surface area contributed by atoms with E-state index in [1.54, 1.807) is 37.4 Å². The van der Waals surface area contributed by atoms with Crippen LogP contribution in [0.3, 0.4) is 0 Å². The van der Waals surface area contributed by atoms with E-state index in [-0.39, 0.29) is 12.4 Å². The highest BCUT2D eigenvalue weighted by Gasteiger charge is 2.10. The van der Waals surface area contributed by atoms with E-state index in [1.807, 2.05) is 6.07 Å². The number of hydrogen-bond acceptors (Lipinski definition) is 3. The van der Waals surface area contributed by atoms with Gasteiger partial charge < -0.3 is 10.1 Å². The Hall–Kier alpha value is -2.09. The maximum atomic E-state index is 13.9. The predicted molar refractivity (Wildman–Crippen MR) is 79.7 cm³/mol. The van der Waals surface area contributed by atoms with Crippen molar-refractivity contribution < 1.29 is 9.13 Å². The van der Waals surface area contributed by atoms with Gasteiger partial charge in [-0.3, -0.25) is 0 Å². The van der Waals surface area contributed by atoms with Gasteiger partial charge >= 0.3 is 0 Å². The molecule has 0 fully saturated rings. The summed E-state index contributed by atoms with van der Waals surface area (Å²) in [5.74, 6) is -0.195. The van der Waals surface area contributed by atoms with Gasteiger partial charge in [0.2, 0.25) is 0 Å². The monoisotopic (exact) mass is 304 g/mol. The van der Waals surface area contributed by atoms with Crippen molar-refractivity contribution in [3.05, 3.63) is 63.9 Å². The smallest absolute Gasteiger partial charge is 0.165 e. The van der Waals surface area contributed by atoms with E-state index in [4.69, 9.17) is 21.6 Å². The van der Waals surface area contributed by atoms with Gasteiger partial charge in [-0.25, -0.2) is 4.39 Å². The lowest BCUT2D eigenvalue weighted by atomic mass is 10.1. The number of nitriles is 1. The molecular weight excluding hydrogens is 291 g/mol. The Kier molecular flexibility index (Phi) is 5.15. The van der Waals surface area contributed by atoms with Crippen LogP contribution in [-0.4, -0.2) is 7.05 Å². The van der Waals surface area contributed by atoms with Gasteiger partial charge in [-0.1, -0.05) is 29.8 Å². The topological polar surface area (TPSA) is 45.0 Å². The number of hydrogen-bond donors (Lipinski definition) is 1. The van der Waals surface area contributed by atoms with E-state index in [2.05, 4.69) is 5.32 Å². The summed E-state index contributed by atoms with van der Waals surface area (Å²) in [6.07, 6.45) is 0. The number of rotatable bonds is 5. The SMILES string of the molecule is CNCc1cccc(F)c1OCc1ccc(C#N)cc1Cl. The number of nitrogens with one attached hydrogen (secondary N) is 1. The molecule has 0 aliphatic heterocycles. The molecule has 2 aromatic rings. The molecule has 1 N–H and O–H groups in total. The standard InChI is InChI=1S/C16H14ClFN2O/c1-20-9-12-3-2-4-15(18)16(12)21-10-13-6-5-11(8-19)7-14(13)17/h2-7,20H,9-10H2,1H3. The largest absolute Gasteiger partial charge is 0.485 e. The zero-order chi connectivity index (χ0) is 15.2. The molecular formula is C16H14ClFN2O.